The van der Waals surface area contributed by atoms with Gasteiger partial charge in [0.05, 0.1) is 7.11 Å². The lowest BCUT2D eigenvalue weighted by Gasteiger charge is -2.41. The van der Waals surface area contributed by atoms with Crippen LogP contribution in [0.15, 0.2) is 16.5 Å². The molecule has 2 aliphatic rings. The molecule has 1 N–H and O–H groups in total. The van der Waals surface area contributed by atoms with Crippen LogP contribution in [0.1, 0.15) is 67.7 Å². The maximum absolute atomic E-state index is 11.4. The molecule has 2 aliphatic carbocycles. The normalized spacial score (nSPS) is 23.9. The van der Waals surface area contributed by atoms with Crippen LogP contribution < -0.4 is 0 Å². The highest BCUT2D eigenvalue weighted by atomic mass is 16.5. The Bertz CT molecular complexity index is 486. The van der Waals surface area contributed by atoms with Gasteiger partial charge < -0.3 is 14.3 Å². The standard InChI is InChI=1S/C16H22O4/c1-19-14(17)12-4-5-13(20-12)16(18)10-8-15(9-11-16)6-2-3-7-15/h4-5,18H,2-3,6-11H2,1H3. The van der Waals surface area contributed by atoms with Crippen molar-refractivity contribution in [1.82, 2.24) is 0 Å². The number of ether oxygens (including phenoxy) is 1. The van der Waals surface area contributed by atoms with E-state index in [1.807, 2.05) is 0 Å². The highest BCUT2D eigenvalue weighted by Crippen LogP contribution is 2.53. The molecule has 1 heterocycles. The van der Waals surface area contributed by atoms with Gasteiger partial charge in [0.25, 0.3) is 0 Å². The number of furan rings is 1. The molecule has 1 aromatic heterocycles. The molecule has 0 amide bonds. The molecule has 0 bridgehead atoms. The third-order valence-electron chi connectivity index (χ3n) is 5.25. The third-order valence-corrected chi connectivity index (χ3v) is 5.25. The van der Waals surface area contributed by atoms with Crippen LogP contribution in [0, 0.1) is 5.41 Å². The summed E-state index contributed by atoms with van der Waals surface area (Å²) in [7, 11) is 1.32. The lowest BCUT2D eigenvalue weighted by Crippen LogP contribution is -2.35. The first-order valence-electron chi connectivity index (χ1n) is 7.48. The van der Waals surface area contributed by atoms with E-state index in [9.17, 15) is 9.90 Å². The summed E-state index contributed by atoms with van der Waals surface area (Å²) in [4.78, 5) is 11.4. The fraction of sp³-hybridized carbons (Fsp3) is 0.688. The molecule has 1 aromatic rings. The fourth-order valence-electron chi connectivity index (χ4n) is 3.86. The second kappa shape index (κ2) is 4.92. The van der Waals surface area contributed by atoms with Crippen molar-refractivity contribution in [2.24, 2.45) is 5.41 Å². The van der Waals surface area contributed by atoms with E-state index >= 15 is 0 Å². The molecule has 0 aromatic carbocycles. The number of hydrogen-bond donors (Lipinski definition) is 1. The average Bonchev–Trinajstić information content (AvgIpc) is 3.12. The van der Waals surface area contributed by atoms with E-state index in [1.54, 1.807) is 12.1 Å². The Kier molecular flexibility index (Phi) is 3.36. The number of rotatable bonds is 2. The van der Waals surface area contributed by atoms with Crippen LogP contribution in [0.3, 0.4) is 0 Å². The van der Waals surface area contributed by atoms with Gasteiger partial charge in [0.1, 0.15) is 11.4 Å². The predicted octanol–water partition coefficient (Wildman–Crippen LogP) is 3.39. The third kappa shape index (κ3) is 2.26. The molecule has 20 heavy (non-hydrogen) atoms. The van der Waals surface area contributed by atoms with Crippen molar-refractivity contribution in [3.8, 4) is 0 Å². The molecule has 2 fully saturated rings. The lowest BCUT2D eigenvalue weighted by molar-refractivity contribution is -0.0533. The number of carbonyl (C=O) groups is 1. The molecule has 0 radical (unpaired) electrons. The molecule has 4 heteroatoms. The largest absolute Gasteiger partial charge is 0.463 e. The Morgan fingerprint density at radius 3 is 2.40 bits per heavy atom. The molecule has 4 nitrogen and oxygen atoms in total. The number of aliphatic hydroxyl groups is 1. The Balaban J connectivity index is 1.73. The maximum Gasteiger partial charge on any atom is 0.373 e. The molecule has 0 aliphatic heterocycles. The molecule has 3 rings (SSSR count). The smallest absolute Gasteiger partial charge is 0.373 e. The van der Waals surface area contributed by atoms with Crippen molar-refractivity contribution in [3.05, 3.63) is 23.7 Å². The van der Waals surface area contributed by atoms with Gasteiger partial charge in [-0.25, -0.2) is 4.79 Å². The van der Waals surface area contributed by atoms with E-state index in [0.717, 1.165) is 25.7 Å². The molecule has 0 atom stereocenters. The van der Waals surface area contributed by atoms with Gasteiger partial charge in [0.2, 0.25) is 5.76 Å². The Hall–Kier alpha value is -1.29. The van der Waals surface area contributed by atoms with Crippen LogP contribution in [-0.2, 0) is 10.3 Å². The van der Waals surface area contributed by atoms with Crippen LogP contribution in [-0.4, -0.2) is 18.2 Å². The number of carbonyl (C=O) groups excluding carboxylic acids is 1. The Labute approximate surface area is 119 Å². The predicted molar refractivity (Wildman–Crippen MR) is 73.3 cm³/mol. The highest BCUT2D eigenvalue weighted by molar-refractivity contribution is 5.86. The summed E-state index contributed by atoms with van der Waals surface area (Å²) in [5, 5.41) is 10.8. The Morgan fingerprint density at radius 1 is 1.15 bits per heavy atom. The minimum absolute atomic E-state index is 0.164. The lowest BCUT2D eigenvalue weighted by atomic mass is 9.67. The van der Waals surface area contributed by atoms with E-state index in [0.29, 0.717) is 11.2 Å². The zero-order valence-corrected chi connectivity index (χ0v) is 12.0. The maximum atomic E-state index is 11.4. The molecular formula is C16H22O4. The van der Waals surface area contributed by atoms with Gasteiger partial charge in [-0.3, -0.25) is 0 Å². The number of methoxy groups -OCH3 is 1. The molecule has 0 unspecified atom stereocenters. The molecule has 1 spiro atoms. The monoisotopic (exact) mass is 278 g/mol. The molecule has 2 saturated carbocycles. The molecule has 0 saturated heterocycles. The second-order valence-electron chi connectivity index (χ2n) is 6.39. The summed E-state index contributed by atoms with van der Waals surface area (Å²) >= 11 is 0. The van der Waals surface area contributed by atoms with Crippen molar-refractivity contribution in [3.63, 3.8) is 0 Å². The van der Waals surface area contributed by atoms with E-state index < -0.39 is 11.6 Å². The zero-order valence-electron chi connectivity index (χ0n) is 12.0. The van der Waals surface area contributed by atoms with E-state index in [4.69, 9.17) is 4.42 Å². The van der Waals surface area contributed by atoms with Crippen molar-refractivity contribution >= 4 is 5.97 Å². The quantitative estimate of drug-likeness (QED) is 0.842. The van der Waals surface area contributed by atoms with Crippen molar-refractivity contribution in [1.29, 1.82) is 0 Å². The Morgan fingerprint density at radius 2 is 1.80 bits per heavy atom. The van der Waals surface area contributed by atoms with E-state index in [-0.39, 0.29) is 5.76 Å². The summed E-state index contributed by atoms with van der Waals surface area (Å²) in [5.74, 6) is 0.172. The zero-order chi connectivity index (χ0) is 14.2. The van der Waals surface area contributed by atoms with E-state index in [2.05, 4.69) is 4.74 Å². The first-order chi connectivity index (χ1) is 9.57. The average molecular weight is 278 g/mol. The minimum atomic E-state index is -0.917. The van der Waals surface area contributed by atoms with Crippen LogP contribution in [0.5, 0.6) is 0 Å². The van der Waals surface area contributed by atoms with E-state index in [1.165, 1.54) is 32.8 Å². The first kappa shape index (κ1) is 13.7. The van der Waals surface area contributed by atoms with Gasteiger partial charge in [-0.15, -0.1) is 0 Å². The van der Waals surface area contributed by atoms with Crippen LogP contribution >= 0.6 is 0 Å². The highest BCUT2D eigenvalue weighted by Gasteiger charge is 2.45. The summed E-state index contributed by atoms with van der Waals surface area (Å²) in [6.07, 6.45) is 8.80. The van der Waals surface area contributed by atoms with Gasteiger partial charge in [0, 0.05) is 0 Å². The number of hydrogen-bond acceptors (Lipinski definition) is 4. The minimum Gasteiger partial charge on any atom is -0.463 e. The van der Waals surface area contributed by atoms with Gasteiger partial charge >= 0.3 is 5.97 Å². The summed E-state index contributed by atoms with van der Waals surface area (Å²) in [5.41, 5.74) is -0.454. The van der Waals surface area contributed by atoms with Crippen LogP contribution in [0.2, 0.25) is 0 Å². The van der Waals surface area contributed by atoms with Crippen LogP contribution in [0.25, 0.3) is 0 Å². The summed E-state index contributed by atoms with van der Waals surface area (Å²) < 4.78 is 10.1. The fourth-order valence-corrected chi connectivity index (χ4v) is 3.86. The van der Waals surface area contributed by atoms with Crippen molar-refractivity contribution in [2.45, 2.75) is 57.0 Å². The van der Waals surface area contributed by atoms with Crippen LogP contribution in [0.4, 0.5) is 0 Å². The van der Waals surface area contributed by atoms with Gasteiger partial charge in [-0.05, 0) is 56.1 Å². The first-order valence-corrected chi connectivity index (χ1v) is 7.48. The van der Waals surface area contributed by atoms with Gasteiger partial charge in [-0.2, -0.15) is 0 Å². The topological polar surface area (TPSA) is 59.7 Å². The molecular weight excluding hydrogens is 256 g/mol. The summed E-state index contributed by atoms with van der Waals surface area (Å²) in [6, 6.07) is 3.29. The van der Waals surface area contributed by atoms with Gasteiger partial charge in [-0.1, -0.05) is 12.8 Å². The van der Waals surface area contributed by atoms with Crippen molar-refractivity contribution < 1.29 is 19.1 Å². The molecule has 110 valence electrons. The SMILES string of the molecule is COC(=O)c1ccc(C2(O)CCC3(CCCC3)CC2)o1. The number of esters is 1. The second-order valence-corrected chi connectivity index (χ2v) is 6.39. The van der Waals surface area contributed by atoms with Crippen molar-refractivity contribution in [2.75, 3.05) is 7.11 Å². The van der Waals surface area contributed by atoms with Gasteiger partial charge in [0.15, 0.2) is 0 Å². The summed E-state index contributed by atoms with van der Waals surface area (Å²) in [6.45, 7) is 0.